The molecule has 0 aliphatic carbocycles. The van der Waals surface area contributed by atoms with E-state index in [0.29, 0.717) is 28.6 Å². The predicted molar refractivity (Wildman–Crippen MR) is 101 cm³/mol. The number of hydrogen-bond acceptors (Lipinski definition) is 5. The molecule has 0 N–H and O–H groups in total. The Morgan fingerprint density at radius 3 is 2.65 bits per heavy atom. The largest absolute Gasteiger partial charge is 0.268 e. The minimum absolute atomic E-state index is 0.205. The van der Waals surface area contributed by atoms with Gasteiger partial charge in [0, 0.05) is 37.1 Å². The molecule has 3 aromatic rings. The summed E-state index contributed by atoms with van der Waals surface area (Å²) in [7, 11) is -1.98. The first-order valence-corrected chi connectivity index (χ1v) is 10.5. The molecule has 0 amide bonds. The number of thiophene rings is 1. The molecule has 6 nitrogen and oxygen atoms in total. The van der Waals surface area contributed by atoms with E-state index in [-0.39, 0.29) is 5.56 Å². The van der Waals surface area contributed by atoms with Crippen molar-refractivity contribution in [1.29, 1.82) is 0 Å². The van der Waals surface area contributed by atoms with Crippen molar-refractivity contribution >= 4 is 21.4 Å². The van der Waals surface area contributed by atoms with Crippen LogP contribution in [-0.4, -0.2) is 29.0 Å². The van der Waals surface area contributed by atoms with Crippen LogP contribution in [0.1, 0.15) is 11.1 Å². The van der Waals surface area contributed by atoms with Crippen molar-refractivity contribution in [3.63, 3.8) is 0 Å². The van der Waals surface area contributed by atoms with Crippen molar-refractivity contribution in [2.24, 2.45) is 7.05 Å². The lowest BCUT2D eigenvalue weighted by Gasteiger charge is -2.27. The summed E-state index contributed by atoms with van der Waals surface area (Å²) < 4.78 is 29.1. The van der Waals surface area contributed by atoms with Gasteiger partial charge < -0.3 is 0 Å². The zero-order chi connectivity index (χ0) is 18.3. The van der Waals surface area contributed by atoms with Gasteiger partial charge in [-0.15, -0.1) is 11.3 Å². The number of benzene rings is 1. The molecule has 0 atom stereocenters. The second-order valence-corrected chi connectivity index (χ2v) is 9.27. The first-order valence-electron chi connectivity index (χ1n) is 8.15. The maximum Gasteiger partial charge on any atom is 0.266 e. The Hall–Kier alpha value is -2.29. The third-order valence-electron chi connectivity index (χ3n) is 4.52. The molecule has 0 bridgehead atoms. The Balaban J connectivity index is 1.64. The average Bonchev–Trinajstić information content (AvgIpc) is 3.14. The van der Waals surface area contributed by atoms with Crippen LogP contribution >= 0.6 is 11.3 Å². The van der Waals surface area contributed by atoms with Crippen molar-refractivity contribution in [2.75, 3.05) is 6.54 Å². The maximum absolute atomic E-state index is 13.0. The summed E-state index contributed by atoms with van der Waals surface area (Å²) in [6.07, 6.45) is 0.718. The zero-order valence-electron chi connectivity index (χ0n) is 14.1. The Morgan fingerprint density at radius 2 is 1.88 bits per heavy atom. The fourth-order valence-electron chi connectivity index (χ4n) is 3.04. The number of aromatic nitrogens is 2. The number of nitrogens with zero attached hydrogens (tertiary/aromatic N) is 3. The number of fused-ring (bicyclic) bond motifs is 1. The molecular formula is C18H17N3O3S2. The van der Waals surface area contributed by atoms with E-state index < -0.39 is 10.0 Å². The fourth-order valence-corrected chi connectivity index (χ4v) is 5.79. The molecule has 26 heavy (non-hydrogen) atoms. The van der Waals surface area contributed by atoms with E-state index in [0.717, 1.165) is 12.0 Å². The molecule has 0 spiro atoms. The van der Waals surface area contributed by atoms with Crippen molar-refractivity contribution in [3.8, 4) is 11.3 Å². The van der Waals surface area contributed by atoms with Crippen molar-refractivity contribution in [2.45, 2.75) is 17.2 Å². The summed E-state index contributed by atoms with van der Waals surface area (Å²) in [6, 6.07) is 12.6. The molecule has 134 valence electrons. The molecule has 3 heterocycles. The first-order chi connectivity index (χ1) is 12.4. The molecule has 1 aliphatic heterocycles. The van der Waals surface area contributed by atoms with Gasteiger partial charge in [0.25, 0.3) is 15.6 Å². The molecule has 1 aromatic carbocycles. The molecule has 2 aromatic heterocycles. The van der Waals surface area contributed by atoms with Crippen LogP contribution in [0.25, 0.3) is 11.3 Å². The van der Waals surface area contributed by atoms with Crippen LogP contribution in [0.4, 0.5) is 0 Å². The lowest BCUT2D eigenvalue weighted by atomic mass is 10.0. The number of sulfonamides is 1. The second kappa shape index (κ2) is 6.46. The summed E-state index contributed by atoms with van der Waals surface area (Å²) in [5, 5.41) is 5.94. The number of hydrogen-bond donors (Lipinski definition) is 0. The van der Waals surface area contributed by atoms with E-state index >= 15 is 0 Å². The van der Waals surface area contributed by atoms with Crippen LogP contribution in [0.3, 0.4) is 0 Å². The van der Waals surface area contributed by atoms with Gasteiger partial charge in [-0.2, -0.15) is 9.40 Å². The van der Waals surface area contributed by atoms with E-state index in [2.05, 4.69) is 5.10 Å². The lowest BCUT2D eigenvalue weighted by Crippen LogP contribution is -2.35. The number of aryl methyl sites for hydroxylation is 1. The van der Waals surface area contributed by atoms with Crippen molar-refractivity contribution in [3.05, 3.63) is 69.3 Å². The summed E-state index contributed by atoms with van der Waals surface area (Å²) in [5.74, 6) is 0. The van der Waals surface area contributed by atoms with Crippen molar-refractivity contribution < 1.29 is 8.42 Å². The van der Waals surface area contributed by atoms with E-state index in [1.165, 1.54) is 32.0 Å². The van der Waals surface area contributed by atoms with E-state index in [1.54, 1.807) is 24.6 Å². The normalized spacial score (nSPS) is 15.0. The van der Waals surface area contributed by atoms with Crippen LogP contribution in [-0.2, 0) is 30.0 Å². The highest BCUT2D eigenvalue weighted by Gasteiger charge is 2.29. The van der Waals surface area contributed by atoms with Crippen molar-refractivity contribution in [1.82, 2.24) is 14.1 Å². The SMILES string of the molecule is Cn1nc(-c2csc(S(=O)(=O)N3CCc4ccccc4C3)c2)ccc1=O. The van der Waals surface area contributed by atoms with Crippen LogP contribution < -0.4 is 5.56 Å². The van der Waals surface area contributed by atoms with Gasteiger partial charge in [-0.05, 0) is 29.7 Å². The fraction of sp³-hybridized carbons (Fsp3) is 0.222. The van der Waals surface area contributed by atoms with Gasteiger partial charge in [-0.1, -0.05) is 24.3 Å². The highest BCUT2D eigenvalue weighted by molar-refractivity contribution is 7.91. The smallest absolute Gasteiger partial charge is 0.266 e. The molecule has 8 heteroatoms. The molecule has 0 unspecified atom stereocenters. The standard InChI is InChI=1S/C18H17N3O3S2/c1-20-17(22)7-6-16(19-20)15-10-18(25-12-15)26(23,24)21-9-8-13-4-2-3-5-14(13)11-21/h2-7,10,12H,8-9,11H2,1H3. The minimum atomic E-state index is -3.55. The quantitative estimate of drug-likeness (QED) is 0.691. The molecule has 4 rings (SSSR count). The summed E-state index contributed by atoms with van der Waals surface area (Å²) in [4.78, 5) is 11.5. The van der Waals surface area contributed by atoms with Gasteiger partial charge in [0.05, 0.1) is 5.69 Å². The number of rotatable bonds is 3. The second-order valence-electron chi connectivity index (χ2n) is 6.19. The van der Waals surface area contributed by atoms with Crippen LogP contribution in [0.5, 0.6) is 0 Å². The third kappa shape index (κ3) is 3.00. The Kier molecular flexibility index (Phi) is 4.26. The molecule has 0 saturated carbocycles. The maximum atomic E-state index is 13.0. The summed E-state index contributed by atoms with van der Waals surface area (Å²) >= 11 is 1.18. The van der Waals surface area contributed by atoms with Gasteiger partial charge in [0.2, 0.25) is 0 Å². The van der Waals surface area contributed by atoms with Gasteiger partial charge in [-0.25, -0.2) is 13.1 Å². The summed E-state index contributed by atoms with van der Waals surface area (Å²) in [6.45, 7) is 0.870. The van der Waals surface area contributed by atoms with E-state index in [4.69, 9.17) is 0 Å². The molecule has 0 radical (unpaired) electrons. The first kappa shape index (κ1) is 17.1. The lowest BCUT2D eigenvalue weighted by molar-refractivity contribution is 0.392. The van der Waals surface area contributed by atoms with Gasteiger partial charge >= 0.3 is 0 Å². The molecule has 0 fully saturated rings. The van der Waals surface area contributed by atoms with Crippen LogP contribution in [0.2, 0.25) is 0 Å². The van der Waals surface area contributed by atoms with Gasteiger partial charge in [0.1, 0.15) is 4.21 Å². The third-order valence-corrected chi connectivity index (χ3v) is 7.78. The average molecular weight is 387 g/mol. The van der Waals surface area contributed by atoms with Gasteiger partial charge in [0.15, 0.2) is 0 Å². The monoisotopic (exact) mass is 387 g/mol. The Morgan fingerprint density at radius 1 is 1.12 bits per heavy atom. The topological polar surface area (TPSA) is 72.3 Å². The van der Waals surface area contributed by atoms with Crippen LogP contribution in [0, 0.1) is 0 Å². The molecule has 1 aliphatic rings. The zero-order valence-corrected chi connectivity index (χ0v) is 15.8. The van der Waals surface area contributed by atoms with Gasteiger partial charge in [-0.3, -0.25) is 4.79 Å². The highest BCUT2D eigenvalue weighted by atomic mass is 32.2. The molecular weight excluding hydrogens is 370 g/mol. The van der Waals surface area contributed by atoms with E-state index in [1.807, 2.05) is 24.3 Å². The molecule has 0 saturated heterocycles. The minimum Gasteiger partial charge on any atom is -0.268 e. The summed E-state index contributed by atoms with van der Waals surface area (Å²) in [5.41, 5.74) is 3.33. The van der Waals surface area contributed by atoms with E-state index in [9.17, 15) is 13.2 Å². The Bertz CT molecular complexity index is 1130. The van der Waals surface area contributed by atoms with Crippen LogP contribution in [0.15, 0.2) is 56.8 Å². The predicted octanol–water partition coefficient (Wildman–Crippen LogP) is 2.26. The highest BCUT2D eigenvalue weighted by Crippen LogP contribution is 2.31. The Labute approximate surface area is 155 Å².